The molecule has 128 valence electrons. The molecule has 6 heteroatoms. The Balaban J connectivity index is 1.65. The van der Waals surface area contributed by atoms with E-state index in [0.717, 1.165) is 48.7 Å². The summed E-state index contributed by atoms with van der Waals surface area (Å²) < 4.78 is 5.87. The first-order valence-corrected chi connectivity index (χ1v) is 9.38. The van der Waals surface area contributed by atoms with Crippen molar-refractivity contribution in [2.45, 2.75) is 51.2 Å². The third kappa shape index (κ3) is 3.80. The van der Waals surface area contributed by atoms with Crippen LogP contribution in [-0.2, 0) is 11.2 Å². The topological polar surface area (TPSA) is 59.2 Å². The molecule has 0 aliphatic carbocycles. The first kappa shape index (κ1) is 17.0. The van der Waals surface area contributed by atoms with Crippen LogP contribution in [0.25, 0.3) is 0 Å². The highest BCUT2D eigenvalue weighted by molar-refractivity contribution is 7.99. The van der Waals surface area contributed by atoms with E-state index in [-0.39, 0.29) is 11.9 Å². The van der Waals surface area contributed by atoms with Gasteiger partial charge in [-0.15, -0.1) is 0 Å². The van der Waals surface area contributed by atoms with Crippen molar-refractivity contribution in [1.82, 2.24) is 14.9 Å². The molecule has 2 aromatic rings. The third-order valence-corrected chi connectivity index (χ3v) is 5.05. The lowest BCUT2D eigenvalue weighted by Crippen LogP contribution is -2.31. The van der Waals surface area contributed by atoms with Crippen molar-refractivity contribution < 1.29 is 9.21 Å². The van der Waals surface area contributed by atoms with Crippen molar-refractivity contribution in [3.63, 3.8) is 0 Å². The molecule has 5 nitrogen and oxygen atoms in total. The van der Waals surface area contributed by atoms with Gasteiger partial charge in [0.05, 0.1) is 11.8 Å². The number of nitrogens with zero attached hydrogens (tertiary/aromatic N) is 3. The summed E-state index contributed by atoms with van der Waals surface area (Å²) in [5, 5.41) is 0.669. The fourth-order valence-electron chi connectivity index (χ4n) is 3.09. The normalized spacial score (nSPS) is 17.5. The van der Waals surface area contributed by atoms with E-state index in [9.17, 15) is 4.79 Å². The second-order valence-electron chi connectivity index (χ2n) is 6.12. The Bertz CT molecular complexity index is 709. The van der Waals surface area contributed by atoms with Crippen LogP contribution in [0.15, 0.2) is 27.8 Å². The van der Waals surface area contributed by atoms with Crippen LogP contribution in [0.2, 0.25) is 0 Å². The molecule has 0 spiro atoms. The number of carbonyl (C=O) groups excluding carboxylic acids is 1. The van der Waals surface area contributed by atoms with Gasteiger partial charge in [-0.25, -0.2) is 9.97 Å². The van der Waals surface area contributed by atoms with Crippen LogP contribution < -0.4 is 0 Å². The quantitative estimate of drug-likeness (QED) is 0.611. The zero-order chi connectivity index (χ0) is 17.1. The van der Waals surface area contributed by atoms with E-state index in [1.807, 2.05) is 36.9 Å². The Morgan fingerprint density at radius 2 is 2.08 bits per heavy atom. The number of thioether (sulfide) groups is 1. The average Bonchev–Trinajstić information content (AvgIpc) is 3.20. The molecular weight excluding hydrogens is 322 g/mol. The molecule has 1 aliphatic rings. The van der Waals surface area contributed by atoms with Gasteiger partial charge in [-0.1, -0.05) is 18.7 Å². The summed E-state index contributed by atoms with van der Waals surface area (Å²) in [6.45, 7) is 6.75. The maximum atomic E-state index is 12.7. The summed E-state index contributed by atoms with van der Waals surface area (Å²) in [6, 6.07) is 6.02. The van der Waals surface area contributed by atoms with Crippen LogP contribution in [0.4, 0.5) is 0 Å². The number of amides is 1. The Labute approximate surface area is 146 Å². The number of likely N-dealkylation sites (tertiary alicyclic amines) is 1. The predicted octanol–water partition coefficient (Wildman–Crippen LogP) is 3.70. The van der Waals surface area contributed by atoms with Gasteiger partial charge >= 0.3 is 0 Å². The van der Waals surface area contributed by atoms with Crippen molar-refractivity contribution in [2.24, 2.45) is 0 Å². The summed E-state index contributed by atoms with van der Waals surface area (Å²) in [5.74, 6) is 2.37. The van der Waals surface area contributed by atoms with E-state index in [2.05, 4.69) is 16.9 Å². The smallest absolute Gasteiger partial charge is 0.233 e. The van der Waals surface area contributed by atoms with E-state index in [0.29, 0.717) is 10.9 Å². The molecule has 0 radical (unpaired) electrons. The van der Waals surface area contributed by atoms with E-state index < -0.39 is 0 Å². The zero-order valence-corrected chi connectivity index (χ0v) is 15.2. The molecule has 3 rings (SSSR count). The van der Waals surface area contributed by atoms with Crippen LogP contribution in [0, 0.1) is 13.8 Å². The molecule has 0 bridgehead atoms. The van der Waals surface area contributed by atoms with E-state index in [1.54, 1.807) is 0 Å². The van der Waals surface area contributed by atoms with E-state index in [1.165, 1.54) is 11.8 Å². The lowest BCUT2D eigenvalue weighted by Gasteiger charge is -2.23. The predicted molar refractivity (Wildman–Crippen MR) is 94.0 cm³/mol. The molecule has 1 saturated heterocycles. The largest absolute Gasteiger partial charge is 0.464 e. The molecular formula is C18H23N3O2S. The highest BCUT2D eigenvalue weighted by Crippen LogP contribution is 2.33. The highest BCUT2D eigenvalue weighted by atomic mass is 32.2. The molecule has 24 heavy (non-hydrogen) atoms. The number of furan rings is 1. The van der Waals surface area contributed by atoms with Crippen LogP contribution in [-0.4, -0.2) is 33.1 Å². The molecule has 0 N–H and O–H groups in total. The molecule has 0 aromatic carbocycles. The number of aromatic nitrogens is 2. The van der Waals surface area contributed by atoms with Crippen molar-refractivity contribution in [3.05, 3.63) is 41.1 Å². The monoisotopic (exact) mass is 345 g/mol. The van der Waals surface area contributed by atoms with Gasteiger partial charge in [-0.2, -0.15) is 0 Å². The maximum Gasteiger partial charge on any atom is 0.233 e. The summed E-state index contributed by atoms with van der Waals surface area (Å²) in [7, 11) is 0. The van der Waals surface area contributed by atoms with Crippen LogP contribution in [0.3, 0.4) is 0 Å². The number of rotatable bonds is 5. The zero-order valence-electron chi connectivity index (χ0n) is 14.4. The molecule has 2 aromatic heterocycles. The van der Waals surface area contributed by atoms with E-state index in [4.69, 9.17) is 4.42 Å². The van der Waals surface area contributed by atoms with Gasteiger partial charge in [-0.05, 0) is 44.9 Å². The lowest BCUT2D eigenvalue weighted by atomic mass is 10.1. The van der Waals surface area contributed by atoms with Gasteiger partial charge in [0.25, 0.3) is 0 Å². The minimum Gasteiger partial charge on any atom is -0.464 e. The van der Waals surface area contributed by atoms with Crippen LogP contribution >= 0.6 is 11.8 Å². The minimum absolute atomic E-state index is 0.0681. The van der Waals surface area contributed by atoms with Crippen molar-refractivity contribution in [1.29, 1.82) is 0 Å². The number of aryl methyl sites for hydroxylation is 3. The molecule has 1 atom stereocenters. The summed E-state index contributed by atoms with van der Waals surface area (Å²) in [6.07, 6.45) is 2.86. The number of carbonyl (C=O) groups is 1. The second-order valence-corrected chi connectivity index (χ2v) is 7.07. The van der Waals surface area contributed by atoms with Crippen LogP contribution in [0.5, 0.6) is 0 Å². The van der Waals surface area contributed by atoms with Gasteiger partial charge in [0.2, 0.25) is 5.91 Å². The fourth-order valence-corrected chi connectivity index (χ4v) is 3.93. The fraction of sp³-hybridized carbons (Fsp3) is 0.500. The average molecular weight is 345 g/mol. The van der Waals surface area contributed by atoms with Gasteiger partial charge < -0.3 is 9.32 Å². The van der Waals surface area contributed by atoms with Crippen molar-refractivity contribution in [2.75, 3.05) is 12.3 Å². The third-order valence-electron chi connectivity index (χ3n) is 4.22. The molecule has 1 aliphatic heterocycles. The summed E-state index contributed by atoms with van der Waals surface area (Å²) in [5.41, 5.74) is 1.86. The first-order valence-electron chi connectivity index (χ1n) is 8.40. The van der Waals surface area contributed by atoms with Gasteiger partial charge in [0.1, 0.15) is 11.5 Å². The van der Waals surface area contributed by atoms with Gasteiger partial charge in [0, 0.05) is 24.4 Å². The first-order chi connectivity index (χ1) is 11.6. The highest BCUT2D eigenvalue weighted by Gasteiger charge is 2.32. The van der Waals surface area contributed by atoms with E-state index >= 15 is 0 Å². The minimum atomic E-state index is 0.0681. The van der Waals surface area contributed by atoms with Gasteiger partial charge in [-0.3, -0.25) is 4.79 Å². The van der Waals surface area contributed by atoms with Crippen molar-refractivity contribution in [3.8, 4) is 0 Å². The Morgan fingerprint density at radius 3 is 2.75 bits per heavy atom. The summed E-state index contributed by atoms with van der Waals surface area (Å²) >= 11 is 1.41. The van der Waals surface area contributed by atoms with Crippen LogP contribution in [0.1, 0.15) is 48.7 Å². The Hall–Kier alpha value is -1.82. The SMILES string of the molecule is CCc1ccc([C@@H]2CCCN2C(=O)CSc2nc(C)cc(C)n2)o1. The molecule has 3 heterocycles. The molecule has 1 fully saturated rings. The molecule has 0 saturated carbocycles. The second kappa shape index (κ2) is 7.38. The maximum absolute atomic E-state index is 12.7. The number of hydrogen-bond donors (Lipinski definition) is 0. The summed E-state index contributed by atoms with van der Waals surface area (Å²) in [4.78, 5) is 23.4. The molecule has 1 amide bonds. The van der Waals surface area contributed by atoms with Gasteiger partial charge in [0.15, 0.2) is 5.16 Å². The Morgan fingerprint density at radius 1 is 1.33 bits per heavy atom. The lowest BCUT2D eigenvalue weighted by molar-refractivity contribution is -0.129. The number of hydrogen-bond acceptors (Lipinski definition) is 5. The Kier molecular flexibility index (Phi) is 5.23. The standard InChI is InChI=1S/C18H23N3O2S/c1-4-14-7-8-16(23-14)15-6-5-9-21(15)17(22)11-24-18-19-12(2)10-13(3)20-18/h7-8,10,15H,4-6,9,11H2,1-3H3/t15-/m0/s1. The molecule has 0 unspecified atom stereocenters. The van der Waals surface area contributed by atoms with Crippen molar-refractivity contribution >= 4 is 17.7 Å².